The fraction of sp³-hybridized carbons (Fsp3) is 0.455. The molecule has 1 aromatic heterocycles. The predicted octanol–water partition coefficient (Wildman–Crippen LogP) is 1.13. The number of aryl methyl sites for hydroxylation is 2. The zero-order valence-corrected chi connectivity index (χ0v) is 9.00. The molecule has 0 radical (unpaired) electrons. The number of pyridine rings is 1. The second kappa shape index (κ2) is 3.31. The largest absolute Gasteiger partial charge is 0.323 e. The van der Waals surface area contributed by atoms with Gasteiger partial charge in [-0.2, -0.15) is 0 Å². The van der Waals surface area contributed by atoms with Crippen molar-refractivity contribution in [1.29, 1.82) is 0 Å². The van der Waals surface area contributed by atoms with Gasteiger partial charge in [0.25, 0.3) is 0 Å². The van der Waals surface area contributed by atoms with Crippen molar-refractivity contribution in [1.82, 2.24) is 4.98 Å². The summed E-state index contributed by atoms with van der Waals surface area (Å²) < 4.78 is 0. The maximum Gasteiger partial charge on any atom is 0.244 e. The van der Waals surface area contributed by atoms with Crippen LogP contribution in [0.5, 0.6) is 0 Å². The molecule has 2 rings (SSSR count). The van der Waals surface area contributed by atoms with E-state index in [1.807, 2.05) is 26.0 Å². The number of rotatable bonds is 2. The van der Waals surface area contributed by atoms with Crippen LogP contribution in [0.4, 0.5) is 5.69 Å². The molecule has 1 fully saturated rings. The number of aromatic nitrogens is 1. The standard InChI is InChI=1S/C11H15N3O/c1-7-3-4-9(8(2)13-7)14-10(15)11(12)5-6-11/h3-4H,5-6,12H2,1-2H3,(H,14,15). The van der Waals surface area contributed by atoms with E-state index in [1.54, 1.807) is 0 Å². The Kier molecular flexibility index (Phi) is 2.23. The monoisotopic (exact) mass is 205 g/mol. The molecule has 0 spiro atoms. The highest BCUT2D eigenvalue weighted by molar-refractivity contribution is 6.00. The molecule has 0 aromatic carbocycles. The number of amides is 1. The van der Waals surface area contributed by atoms with Gasteiger partial charge < -0.3 is 11.1 Å². The van der Waals surface area contributed by atoms with Gasteiger partial charge in [-0.15, -0.1) is 0 Å². The van der Waals surface area contributed by atoms with Crippen LogP contribution in [0.1, 0.15) is 24.2 Å². The third-order valence-corrected chi connectivity index (χ3v) is 2.71. The first-order valence-corrected chi connectivity index (χ1v) is 5.06. The Morgan fingerprint density at radius 2 is 2.13 bits per heavy atom. The lowest BCUT2D eigenvalue weighted by atomic mass is 10.2. The lowest BCUT2D eigenvalue weighted by Crippen LogP contribution is -2.38. The van der Waals surface area contributed by atoms with E-state index in [1.165, 1.54) is 0 Å². The predicted molar refractivity (Wildman–Crippen MR) is 58.5 cm³/mol. The van der Waals surface area contributed by atoms with Gasteiger partial charge in [0.2, 0.25) is 5.91 Å². The molecule has 1 amide bonds. The average molecular weight is 205 g/mol. The first-order chi connectivity index (χ1) is 7.01. The minimum atomic E-state index is -0.628. The van der Waals surface area contributed by atoms with Crippen LogP contribution in [0.3, 0.4) is 0 Å². The zero-order valence-electron chi connectivity index (χ0n) is 9.00. The topological polar surface area (TPSA) is 68.0 Å². The van der Waals surface area contributed by atoms with Gasteiger partial charge in [0, 0.05) is 5.69 Å². The van der Waals surface area contributed by atoms with Gasteiger partial charge in [-0.25, -0.2) is 0 Å². The number of anilines is 1. The summed E-state index contributed by atoms with van der Waals surface area (Å²) in [4.78, 5) is 15.9. The van der Waals surface area contributed by atoms with E-state index in [0.717, 1.165) is 29.9 Å². The van der Waals surface area contributed by atoms with Crippen LogP contribution < -0.4 is 11.1 Å². The minimum absolute atomic E-state index is 0.101. The number of hydrogen-bond donors (Lipinski definition) is 2. The van der Waals surface area contributed by atoms with Crippen molar-refractivity contribution in [2.24, 2.45) is 5.73 Å². The maximum atomic E-state index is 11.7. The Hall–Kier alpha value is -1.42. The van der Waals surface area contributed by atoms with E-state index in [4.69, 9.17) is 5.73 Å². The molecule has 0 saturated heterocycles. The lowest BCUT2D eigenvalue weighted by Gasteiger charge is -2.11. The molecule has 4 nitrogen and oxygen atoms in total. The third-order valence-electron chi connectivity index (χ3n) is 2.71. The second-order valence-electron chi connectivity index (χ2n) is 4.20. The van der Waals surface area contributed by atoms with Crippen molar-refractivity contribution in [2.75, 3.05) is 5.32 Å². The second-order valence-corrected chi connectivity index (χ2v) is 4.20. The molecule has 1 aliphatic rings. The molecule has 1 saturated carbocycles. The SMILES string of the molecule is Cc1ccc(NC(=O)C2(N)CC2)c(C)n1. The number of nitrogens with one attached hydrogen (secondary N) is 1. The Morgan fingerprint density at radius 3 is 2.67 bits per heavy atom. The van der Waals surface area contributed by atoms with Crippen molar-refractivity contribution in [3.8, 4) is 0 Å². The van der Waals surface area contributed by atoms with Gasteiger partial charge in [0.1, 0.15) is 0 Å². The zero-order chi connectivity index (χ0) is 11.1. The van der Waals surface area contributed by atoms with Gasteiger partial charge >= 0.3 is 0 Å². The smallest absolute Gasteiger partial charge is 0.244 e. The summed E-state index contributed by atoms with van der Waals surface area (Å²) in [5.74, 6) is -0.101. The number of carbonyl (C=O) groups is 1. The van der Waals surface area contributed by atoms with Crippen molar-refractivity contribution >= 4 is 11.6 Å². The van der Waals surface area contributed by atoms with E-state index in [0.29, 0.717) is 0 Å². The maximum absolute atomic E-state index is 11.7. The number of carbonyl (C=O) groups excluding carboxylic acids is 1. The van der Waals surface area contributed by atoms with E-state index in [-0.39, 0.29) is 5.91 Å². The highest BCUT2D eigenvalue weighted by Crippen LogP contribution is 2.33. The molecule has 0 bridgehead atoms. The summed E-state index contributed by atoms with van der Waals surface area (Å²) in [5.41, 5.74) is 7.68. The van der Waals surface area contributed by atoms with Crippen LogP contribution in [-0.4, -0.2) is 16.4 Å². The number of nitrogens with zero attached hydrogens (tertiary/aromatic N) is 1. The van der Waals surface area contributed by atoms with Gasteiger partial charge in [-0.3, -0.25) is 9.78 Å². The van der Waals surface area contributed by atoms with Gasteiger partial charge in [-0.05, 0) is 38.8 Å². The molecular formula is C11H15N3O. The molecule has 1 aliphatic carbocycles. The lowest BCUT2D eigenvalue weighted by molar-refractivity contribution is -0.118. The normalized spacial score (nSPS) is 17.3. The molecule has 4 heteroatoms. The summed E-state index contributed by atoms with van der Waals surface area (Å²) >= 11 is 0. The van der Waals surface area contributed by atoms with Gasteiger partial charge in [0.15, 0.2) is 0 Å². The highest BCUT2D eigenvalue weighted by Gasteiger charge is 2.46. The summed E-state index contributed by atoms with van der Waals surface area (Å²) in [6.45, 7) is 3.79. The summed E-state index contributed by atoms with van der Waals surface area (Å²) in [6, 6.07) is 3.74. The highest BCUT2D eigenvalue weighted by atomic mass is 16.2. The molecule has 1 heterocycles. The first kappa shape index (κ1) is 10.1. The van der Waals surface area contributed by atoms with Crippen molar-refractivity contribution in [2.45, 2.75) is 32.2 Å². The van der Waals surface area contributed by atoms with Crippen LogP contribution in [0.15, 0.2) is 12.1 Å². The summed E-state index contributed by atoms with van der Waals surface area (Å²) in [5, 5.41) is 2.81. The molecule has 0 aliphatic heterocycles. The Morgan fingerprint density at radius 1 is 1.47 bits per heavy atom. The molecule has 15 heavy (non-hydrogen) atoms. The molecule has 0 unspecified atom stereocenters. The van der Waals surface area contributed by atoms with Crippen molar-refractivity contribution in [3.05, 3.63) is 23.5 Å². The van der Waals surface area contributed by atoms with Crippen LogP contribution in [-0.2, 0) is 4.79 Å². The summed E-state index contributed by atoms with van der Waals surface area (Å²) in [7, 11) is 0. The molecule has 80 valence electrons. The fourth-order valence-corrected chi connectivity index (χ4v) is 1.43. The first-order valence-electron chi connectivity index (χ1n) is 5.06. The number of nitrogens with two attached hydrogens (primary N) is 1. The molecule has 3 N–H and O–H groups in total. The van der Waals surface area contributed by atoms with Crippen LogP contribution >= 0.6 is 0 Å². The molecule has 0 atom stereocenters. The van der Waals surface area contributed by atoms with E-state index >= 15 is 0 Å². The third kappa shape index (κ3) is 1.99. The van der Waals surface area contributed by atoms with E-state index in [2.05, 4.69) is 10.3 Å². The minimum Gasteiger partial charge on any atom is -0.323 e. The fourth-order valence-electron chi connectivity index (χ4n) is 1.43. The van der Waals surface area contributed by atoms with Crippen LogP contribution in [0, 0.1) is 13.8 Å². The number of hydrogen-bond acceptors (Lipinski definition) is 3. The average Bonchev–Trinajstić information content (AvgIpc) is 2.90. The molecule has 1 aromatic rings. The quantitative estimate of drug-likeness (QED) is 0.760. The Bertz CT molecular complexity index is 410. The Balaban J connectivity index is 2.14. The van der Waals surface area contributed by atoms with Gasteiger partial charge in [-0.1, -0.05) is 0 Å². The van der Waals surface area contributed by atoms with E-state index < -0.39 is 5.54 Å². The van der Waals surface area contributed by atoms with Crippen LogP contribution in [0.25, 0.3) is 0 Å². The Labute approximate surface area is 88.9 Å². The van der Waals surface area contributed by atoms with Crippen molar-refractivity contribution < 1.29 is 4.79 Å². The van der Waals surface area contributed by atoms with Gasteiger partial charge in [0.05, 0.1) is 16.9 Å². The van der Waals surface area contributed by atoms with Crippen LogP contribution in [0.2, 0.25) is 0 Å². The van der Waals surface area contributed by atoms with Crippen molar-refractivity contribution in [3.63, 3.8) is 0 Å². The van der Waals surface area contributed by atoms with E-state index in [9.17, 15) is 4.79 Å². The summed E-state index contributed by atoms with van der Waals surface area (Å²) in [6.07, 6.45) is 1.55. The molecular weight excluding hydrogens is 190 g/mol.